The van der Waals surface area contributed by atoms with Crippen molar-refractivity contribution in [2.24, 2.45) is 0 Å². The molecule has 3 aromatic rings. The van der Waals surface area contributed by atoms with Crippen LogP contribution in [0, 0.1) is 12.7 Å². The molecule has 1 aliphatic rings. The molecule has 11 heteroatoms. The SMILES string of the molecule is CC.COc1cc(C(=O)NC/C(=C(\O)CO)c2ccc(C)c(-c3ccc(F)c(Cl)c3)n2)ccc1OC1CC1(F)F. The van der Waals surface area contributed by atoms with Crippen LogP contribution in [0.4, 0.5) is 13.2 Å². The molecule has 7 nitrogen and oxygen atoms in total. The lowest BCUT2D eigenvalue weighted by Gasteiger charge is -2.15. The topological polar surface area (TPSA) is 101 Å². The molecule has 1 fully saturated rings. The molecule has 0 radical (unpaired) electrons. The number of carbonyl (C=O) groups is 1. The molecule has 0 spiro atoms. The molecule has 2 aromatic carbocycles. The second-order valence-corrected chi connectivity index (χ2v) is 9.10. The number of benzene rings is 2. The Morgan fingerprint density at radius 3 is 2.45 bits per heavy atom. The van der Waals surface area contributed by atoms with Gasteiger partial charge in [-0.05, 0) is 55.0 Å². The summed E-state index contributed by atoms with van der Waals surface area (Å²) in [6.07, 6.45) is -1.62. The normalized spacial score (nSPS) is 15.8. The highest BCUT2D eigenvalue weighted by atomic mass is 35.5. The maximum atomic E-state index is 13.6. The molecule has 1 atom stereocenters. The molecule has 0 bridgehead atoms. The average Bonchev–Trinajstić information content (AvgIpc) is 3.56. The molecule has 214 valence electrons. The lowest BCUT2D eigenvalue weighted by atomic mass is 10.0. The standard InChI is InChI=1S/C27H24ClF3N2O5.C2H6/c1-14-3-7-20(33-25(14)15-4-6-19(29)18(28)9-15)17(21(35)13-34)12-32-26(36)16-5-8-22(23(10-16)37-2)38-24-11-27(24,30)31;1-2/h3-10,24,34-35H,11-13H2,1-2H3,(H,32,36);1-2H3/b21-17+;. The minimum Gasteiger partial charge on any atom is -0.509 e. The van der Waals surface area contributed by atoms with Crippen LogP contribution >= 0.6 is 11.6 Å². The van der Waals surface area contributed by atoms with Crippen LogP contribution in [0.25, 0.3) is 16.8 Å². The van der Waals surface area contributed by atoms with Gasteiger partial charge < -0.3 is 25.0 Å². The minimum absolute atomic E-state index is 0.0759. The van der Waals surface area contributed by atoms with Gasteiger partial charge in [0.25, 0.3) is 11.8 Å². The zero-order chi connectivity index (χ0) is 29.6. The summed E-state index contributed by atoms with van der Waals surface area (Å²) in [7, 11) is 1.32. The maximum absolute atomic E-state index is 13.6. The van der Waals surface area contributed by atoms with Gasteiger partial charge in [0, 0.05) is 23.2 Å². The first-order chi connectivity index (χ1) is 19.0. The summed E-state index contributed by atoms with van der Waals surface area (Å²) >= 11 is 5.92. The number of hydrogen-bond acceptors (Lipinski definition) is 6. The molecule has 3 N–H and O–H groups in total. The van der Waals surface area contributed by atoms with Crippen molar-refractivity contribution in [2.45, 2.75) is 39.2 Å². The summed E-state index contributed by atoms with van der Waals surface area (Å²) in [5, 5.41) is 22.5. The van der Waals surface area contributed by atoms with Gasteiger partial charge in [0.2, 0.25) is 0 Å². The number of aryl methyl sites for hydroxylation is 1. The van der Waals surface area contributed by atoms with E-state index in [1.807, 2.05) is 13.8 Å². The number of amides is 1. The van der Waals surface area contributed by atoms with Crippen LogP contribution in [0.1, 0.15) is 41.9 Å². The van der Waals surface area contributed by atoms with Gasteiger partial charge in [0.05, 0.1) is 29.9 Å². The number of aromatic nitrogens is 1. The van der Waals surface area contributed by atoms with Gasteiger partial charge in [-0.15, -0.1) is 0 Å². The summed E-state index contributed by atoms with van der Waals surface area (Å²) in [6.45, 7) is 4.88. The highest BCUT2D eigenvalue weighted by molar-refractivity contribution is 6.31. The van der Waals surface area contributed by atoms with Crippen LogP contribution in [-0.2, 0) is 0 Å². The second kappa shape index (κ2) is 13.1. The van der Waals surface area contributed by atoms with E-state index in [0.717, 1.165) is 5.56 Å². The number of carbonyl (C=O) groups excluding carboxylic acids is 1. The van der Waals surface area contributed by atoms with Crippen molar-refractivity contribution in [3.63, 3.8) is 0 Å². The third-order valence-electron chi connectivity index (χ3n) is 5.99. The molecule has 1 heterocycles. The number of rotatable bonds is 9. The fraction of sp³-hybridized carbons (Fsp3) is 0.310. The molecular formula is C29H30ClF3N2O5. The fourth-order valence-corrected chi connectivity index (χ4v) is 3.90. The van der Waals surface area contributed by atoms with Gasteiger partial charge in [-0.25, -0.2) is 18.2 Å². The minimum atomic E-state index is -2.88. The van der Waals surface area contributed by atoms with E-state index in [1.54, 1.807) is 19.1 Å². The van der Waals surface area contributed by atoms with E-state index in [0.29, 0.717) is 11.3 Å². The monoisotopic (exact) mass is 578 g/mol. The number of ether oxygens (including phenoxy) is 2. The van der Waals surface area contributed by atoms with Crippen molar-refractivity contribution in [1.82, 2.24) is 10.3 Å². The Labute approximate surface area is 235 Å². The summed E-state index contributed by atoms with van der Waals surface area (Å²) in [5.41, 5.74) is 2.34. The van der Waals surface area contributed by atoms with E-state index < -0.39 is 36.1 Å². The van der Waals surface area contributed by atoms with Crippen molar-refractivity contribution < 1.29 is 37.7 Å². The largest absolute Gasteiger partial charge is 0.509 e. The molecule has 40 heavy (non-hydrogen) atoms. The average molecular weight is 579 g/mol. The first kappa shape index (κ1) is 30.8. The Balaban J connectivity index is 0.00000216. The smallest absolute Gasteiger partial charge is 0.288 e. The predicted octanol–water partition coefficient (Wildman–Crippen LogP) is 6.36. The van der Waals surface area contributed by atoms with Crippen LogP contribution in [-0.4, -0.2) is 53.4 Å². The number of aliphatic hydroxyl groups is 2. The van der Waals surface area contributed by atoms with Gasteiger partial charge in [0.15, 0.2) is 17.6 Å². The zero-order valence-corrected chi connectivity index (χ0v) is 23.2. The third-order valence-corrected chi connectivity index (χ3v) is 6.28. The van der Waals surface area contributed by atoms with E-state index in [4.69, 9.17) is 21.1 Å². The predicted molar refractivity (Wildman–Crippen MR) is 147 cm³/mol. The van der Waals surface area contributed by atoms with E-state index in [2.05, 4.69) is 10.3 Å². The van der Waals surface area contributed by atoms with Crippen LogP contribution in [0.15, 0.2) is 54.3 Å². The van der Waals surface area contributed by atoms with Crippen molar-refractivity contribution in [3.05, 3.63) is 82.0 Å². The number of nitrogens with zero attached hydrogens (tertiary/aromatic N) is 1. The first-order valence-corrected chi connectivity index (χ1v) is 12.9. The molecular weight excluding hydrogens is 549 g/mol. The summed E-state index contributed by atoms with van der Waals surface area (Å²) in [5.74, 6) is -4.24. The van der Waals surface area contributed by atoms with E-state index >= 15 is 0 Å². The van der Waals surface area contributed by atoms with Crippen molar-refractivity contribution in [3.8, 4) is 22.8 Å². The Morgan fingerprint density at radius 1 is 1.15 bits per heavy atom. The second-order valence-electron chi connectivity index (χ2n) is 8.69. The number of methoxy groups -OCH3 is 1. The number of aliphatic hydroxyl groups excluding tert-OH is 2. The lowest BCUT2D eigenvalue weighted by Crippen LogP contribution is -2.26. The highest BCUT2D eigenvalue weighted by Crippen LogP contribution is 2.46. The Kier molecular flexibility index (Phi) is 10.1. The molecule has 1 amide bonds. The highest BCUT2D eigenvalue weighted by Gasteiger charge is 2.60. The number of nitrogens with one attached hydrogen (secondary N) is 1. The molecule has 1 aliphatic carbocycles. The van der Waals surface area contributed by atoms with Crippen LogP contribution in [0.2, 0.25) is 5.02 Å². The van der Waals surface area contributed by atoms with Crippen LogP contribution in [0.3, 0.4) is 0 Å². The van der Waals surface area contributed by atoms with Gasteiger partial charge in [-0.3, -0.25) is 4.79 Å². The zero-order valence-electron chi connectivity index (χ0n) is 22.4. The summed E-state index contributed by atoms with van der Waals surface area (Å²) < 4.78 is 50.5. The Hall–Kier alpha value is -3.76. The molecule has 1 aromatic heterocycles. The van der Waals surface area contributed by atoms with Gasteiger partial charge >= 0.3 is 0 Å². The molecule has 4 rings (SSSR count). The maximum Gasteiger partial charge on any atom is 0.288 e. The fourth-order valence-electron chi connectivity index (χ4n) is 3.71. The van der Waals surface area contributed by atoms with E-state index in [9.17, 15) is 28.2 Å². The number of pyridine rings is 1. The third kappa shape index (κ3) is 7.05. The lowest BCUT2D eigenvalue weighted by molar-refractivity contribution is 0.0655. The Bertz CT molecular complexity index is 1410. The molecule has 1 unspecified atom stereocenters. The number of halogens is 4. The summed E-state index contributed by atoms with van der Waals surface area (Å²) in [4.78, 5) is 17.4. The van der Waals surface area contributed by atoms with Gasteiger partial charge in [-0.1, -0.05) is 31.5 Å². The quantitative estimate of drug-likeness (QED) is 0.255. The molecule has 1 saturated carbocycles. The summed E-state index contributed by atoms with van der Waals surface area (Å²) in [6, 6.07) is 11.6. The Morgan fingerprint density at radius 2 is 1.85 bits per heavy atom. The van der Waals surface area contributed by atoms with Crippen molar-refractivity contribution >= 4 is 23.1 Å². The molecule has 0 aliphatic heterocycles. The molecule has 0 saturated heterocycles. The van der Waals surface area contributed by atoms with Crippen LogP contribution < -0.4 is 14.8 Å². The number of hydrogen-bond donors (Lipinski definition) is 3. The van der Waals surface area contributed by atoms with E-state index in [1.165, 1.54) is 43.5 Å². The first-order valence-electron chi connectivity index (χ1n) is 12.5. The van der Waals surface area contributed by atoms with E-state index in [-0.39, 0.29) is 46.3 Å². The van der Waals surface area contributed by atoms with Crippen LogP contribution in [0.5, 0.6) is 11.5 Å². The van der Waals surface area contributed by atoms with Gasteiger partial charge in [-0.2, -0.15) is 0 Å². The van der Waals surface area contributed by atoms with Gasteiger partial charge in [0.1, 0.15) is 18.2 Å². The van der Waals surface area contributed by atoms with Crippen molar-refractivity contribution in [1.29, 1.82) is 0 Å². The van der Waals surface area contributed by atoms with Crippen molar-refractivity contribution in [2.75, 3.05) is 20.3 Å². The number of alkyl halides is 2.